The summed E-state index contributed by atoms with van der Waals surface area (Å²) in [6.07, 6.45) is -1.26. The van der Waals surface area contributed by atoms with Crippen molar-refractivity contribution in [1.82, 2.24) is 5.43 Å². The molecule has 0 aliphatic heterocycles. The fourth-order valence-electron chi connectivity index (χ4n) is 1.37. The predicted molar refractivity (Wildman–Crippen MR) is 59.9 cm³/mol. The second kappa shape index (κ2) is 4.80. The summed E-state index contributed by atoms with van der Waals surface area (Å²) in [6, 6.07) is 4.55. The van der Waals surface area contributed by atoms with Crippen molar-refractivity contribution in [1.29, 1.82) is 0 Å². The molecule has 0 spiro atoms. The summed E-state index contributed by atoms with van der Waals surface area (Å²) < 4.78 is 36.8. The van der Waals surface area contributed by atoms with Gasteiger partial charge < -0.3 is 0 Å². The Balaban J connectivity index is 1.93. The third-order valence-electron chi connectivity index (χ3n) is 2.57. The van der Waals surface area contributed by atoms with E-state index in [2.05, 4.69) is 10.5 Å². The highest BCUT2D eigenvalue weighted by molar-refractivity contribution is 5.84. The van der Waals surface area contributed by atoms with Gasteiger partial charge in [0, 0.05) is 5.92 Å². The van der Waals surface area contributed by atoms with Gasteiger partial charge in [-0.3, -0.25) is 4.79 Å². The fraction of sp³-hybridized carbons (Fsp3) is 0.333. The number of carbonyl (C=O) groups is 1. The van der Waals surface area contributed by atoms with Crippen molar-refractivity contribution >= 4 is 12.1 Å². The van der Waals surface area contributed by atoms with E-state index in [4.69, 9.17) is 0 Å². The van der Waals surface area contributed by atoms with Gasteiger partial charge in [-0.25, -0.2) is 5.43 Å². The first-order chi connectivity index (χ1) is 8.47. The summed E-state index contributed by atoms with van der Waals surface area (Å²) in [5.74, 6) is -0.0899. The molecule has 1 aromatic rings. The van der Waals surface area contributed by atoms with Crippen LogP contribution in [0.2, 0.25) is 0 Å². The average Bonchev–Trinajstić information content (AvgIpc) is 3.12. The number of alkyl halides is 3. The number of rotatable bonds is 3. The number of nitrogens with zero attached hydrogens (tertiary/aromatic N) is 1. The minimum Gasteiger partial charge on any atom is -0.273 e. The molecule has 0 heterocycles. The number of amides is 1. The third-order valence-corrected chi connectivity index (χ3v) is 2.57. The Hall–Kier alpha value is -1.85. The normalized spacial score (nSPS) is 15.9. The zero-order chi connectivity index (χ0) is 13.2. The van der Waals surface area contributed by atoms with Gasteiger partial charge >= 0.3 is 6.18 Å². The molecular formula is C12H11F3N2O. The number of benzene rings is 1. The Bertz CT molecular complexity index is 461. The molecule has 1 saturated carbocycles. The first-order valence-electron chi connectivity index (χ1n) is 5.47. The Morgan fingerprint density at radius 1 is 1.28 bits per heavy atom. The minimum atomic E-state index is -4.34. The van der Waals surface area contributed by atoms with Gasteiger partial charge in [0.25, 0.3) is 0 Å². The van der Waals surface area contributed by atoms with Gasteiger partial charge in [-0.2, -0.15) is 18.3 Å². The molecule has 96 valence electrons. The first-order valence-corrected chi connectivity index (χ1v) is 5.47. The second-order valence-electron chi connectivity index (χ2n) is 4.13. The van der Waals surface area contributed by atoms with Crippen LogP contribution in [0.1, 0.15) is 24.0 Å². The molecule has 1 fully saturated rings. The maximum absolute atomic E-state index is 12.3. The molecule has 0 unspecified atom stereocenters. The highest BCUT2D eigenvalue weighted by Crippen LogP contribution is 2.29. The molecule has 0 radical (unpaired) electrons. The van der Waals surface area contributed by atoms with Gasteiger partial charge in [-0.15, -0.1) is 0 Å². The highest BCUT2D eigenvalue weighted by Gasteiger charge is 2.30. The lowest BCUT2D eigenvalue weighted by molar-refractivity contribution is -0.137. The van der Waals surface area contributed by atoms with Gasteiger partial charge in [-0.1, -0.05) is 12.1 Å². The van der Waals surface area contributed by atoms with Crippen molar-refractivity contribution < 1.29 is 18.0 Å². The van der Waals surface area contributed by atoms with E-state index in [1.807, 2.05) is 0 Å². The second-order valence-corrected chi connectivity index (χ2v) is 4.13. The van der Waals surface area contributed by atoms with Gasteiger partial charge in [0.05, 0.1) is 11.8 Å². The number of nitrogens with one attached hydrogen (secondary N) is 1. The summed E-state index contributed by atoms with van der Waals surface area (Å²) in [7, 11) is 0. The monoisotopic (exact) mass is 256 g/mol. The number of hydrogen-bond acceptors (Lipinski definition) is 2. The lowest BCUT2D eigenvalue weighted by Crippen LogP contribution is -2.18. The Kier molecular flexibility index (Phi) is 3.36. The highest BCUT2D eigenvalue weighted by atomic mass is 19.4. The van der Waals surface area contributed by atoms with Crippen molar-refractivity contribution in [2.45, 2.75) is 19.0 Å². The Morgan fingerprint density at radius 3 is 2.39 bits per heavy atom. The smallest absolute Gasteiger partial charge is 0.273 e. The molecule has 1 amide bonds. The van der Waals surface area contributed by atoms with Crippen LogP contribution in [0.3, 0.4) is 0 Å². The molecule has 2 rings (SSSR count). The predicted octanol–water partition coefficient (Wildman–Crippen LogP) is 2.57. The van der Waals surface area contributed by atoms with E-state index in [1.165, 1.54) is 18.3 Å². The van der Waals surface area contributed by atoms with E-state index in [0.29, 0.717) is 5.56 Å². The molecule has 1 aliphatic carbocycles. The topological polar surface area (TPSA) is 41.5 Å². The van der Waals surface area contributed by atoms with Gasteiger partial charge in [0.15, 0.2) is 0 Å². The molecule has 1 N–H and O–H groups in total. The summed E-state index contributed by atoms with van der Waals surface area (Å²) >= 11 is 0. The van der Waals surface area contributed by atoms with E-state index < -0.39 is 11.7 Å². The van der Waals surface area contributed by atoms with E-state index in [9.17, 15) is 18.0 Å². The van der Waals surface area contributed by atoms with Crippen LogP contribution in [-0.2, 0) is 11.0 Å². The number of hydrazone groups is 1. The molecular weight excluding hydrogens is 245 g/mol. The van der Waals surface area contributed by atoms with E-state index in [-0.39, 0.29) is 11.8 Å². The van der Waals surface area contributed by atoms with Crippen LogP contribution in [0.25, 0.3) is 0 Å². The van der Waals surface area contributed by atoms with E-state index in [1.54, 1.807) is 0 Å². The maximum atomic E-state index is 12.3. The van der Waals surface area contributed by atoms with Crippen LogP contribution in [0, 0.1) is 5.92 Å². The SMILES string of the molecule is O=C(N/N=C\c1ccc(C(F)(F)F)cc1)C1CC1. The molecule has 1 aliphatic rings. The molecule has 0 bridgehead atoms. The molecule has 3 nitrogen and oxygen atoms in total. The lowest BCUT2D eigenvalue weighted by Gasteiger charge is -2.05. The first kappa shape index (κ1) is 12.6. The summed E-state index contributed by atoms with van der Waals surface area (Å²) in [4.78, 5) is 11.2. The third kappa shape index (κ3) is 3.32. The Labute approximate surface area is 102 Å². The van der Waals surface area contributed by atoms with Crippen molar-refractivity contribution in [3.8, 4) is 0 Å². The van der Waals surface area contributed by atoms with E-state index in [0.717, 1.165) is 25.0 Å². The largest absolute Gasteiger partial charge is 0.416 e. The average molecular weight is 256 g/mol. The molecule has 0 saturated heterocycles. The standard InChI is InChI=1S/C12H11F3N2O/c13-12(14,15)10-5-1-8(2-6-10)7-16-17-11(18)9-3-4-9/h1-2,5-7,9H,3-4H2,(H,17,18)/b16-7-. The van der Waals surface area contributed by atoms with Crippen LogP contribution in [0.4, 0.5) is 13.2 Å². The van der Waals surface area contributed by atoms with Crippen LogP contribution in [0.5, 0.6) is 0 Å². The zero-order valence-corrected chi connectivity index (χ0v) is 9.37. The molecule has 6 heteroatoms. The Morgan fingerprint density at radius 2 is 1.89 bits per heavy atom. The summed E-state index contributed by atoms with van der Waals surface area (Å²) in [5.41, 5.74) is 2.14. The van der Waals surface area contributed by atoms with Gasteiger partial charge in [0.2, 0.25) is 5.91 Å². The molecule has 0 atom stereocenters. The quantitative estimate of drug-likeness (QED) is 0.655. The number of carbonyl (C=O) groups excluding carboxylic acids is 1. The fourth-order valence-corrected chi connectivity index (χ4v) is 1.37. The van der Waals surface area contributed by atoms with Crippen LogP contribution < -0.4 is 5.43 Å². The number of hydrogen-bond donors (Lipinski definition) is 1. The number of halogens is 3. The van der Waals surface area contributed by atoms with Crippen molar-refractivity contribution in [2.24, 2.45) is 11.0 Å². The van der Waals surface area contributed by atoms with Crippen LogP contribution in [-0.4, -0.2) is 12.1 Å². The van der Waals surface area contributed by atoms with E-state index >= 15 is 0 Å². The minimum absolute atomic E-state index is 0.0507. The van der Waals surface area contributed by atoms with Gasteiger partial charge in [-0.05, 0) is 30.5 Å². The lowest BCUT2D eigenvalue weighted by atomic mass is 10.1. The summed E-state index contributed by atoms with van der Waals surface area (Å²) in [5, 5.41) is 3.69. The molecule has 0 aromatic heterocycles. The van der Waals surface area contributed by atoms with Crippen molar-refractivity contribution in [3.63, 3.8) is 0 Å². The van der Waals surface area contributed by atoms with Gasteiger partial charge in [0.1, 0.15) is 0 Å². The molecule has 1 aromatic carbocycles. The van der Waals surface area contributed by atoms with Crippen LogP contribution in [0.15, 0.2) is 29.4 Å². The molecule has 18 heavy (non-hydrogen) atoms. The maximum Gasteiger partial charge on any atom is 0.416 e. The van der Waals surface area contributed by atoms with Crippen molar-refractivity contribution in [2.75, 3.05) is 0 Å². The van der Waals surface area contributed by atoms with Crippen molar-refractivity contribution in [3.05, 3.63) is 35.4 Å². The summed E-state index contributed by atoms with van der Waals surface area (Å²) in [6.45, 7) is 0. The zero-order valence-electron chi connectivity index (χ0n) is 9.37. The van der Waals surface area contributed by atoms with Crippen LogP contribution >= 0.6 is 0 Å².